The highest BCUT2D eigenvalue weighted by Crippen LogP contribution is 2.15. The molecule has 0 fully saturated rings. The van der Waals surface area contributed by atoms with Crippen molar-refractivity contribution in [3.63, 3.8) is 0 Å². The van der Waals surface area contributed by atoms with Gasteiger partial charge in [0.25, 0.3) is 0 Å². The molecule has 0 aromatic rings. The van der Waals surface area contributed by atoms with Crippen molar-refractivity contribution in [1.29, 1.82) is 0 Å². The van der Waals surface area contributed by atoms with Crippen LogP contribution < -0.4 is 0 Å². The van der Waals surface area contributed by atoms with Crippen LogP contribution in [0.3, 0.4) is 0 Å². The van der Waals surface area contributed by atoms with Gasteiger partial charge in [-0.05, 0) is 6.42 Å². The van der Waals surface area contributed by atoms with Gasteiger partial charge in [0, 0.05) is 0 Å². The Morgan fingerprint density at radius 1 is 0.583 bits per heavy atom. The molecule has 0 N–H and O–H groups in total. The minimum atomic E-state index is -0.340. The fraction of sp³-hybridized carbons (Fsp3) is 0.848. The van der Waals surface area contributed by atoms with Crippen LogP contribution in [-0.2, 0) is 14.3 Å². The number of carbonyl (C=O) groups is 1. The first-order valence-corrected chi connectivity index (χ1v) is 15.8. The van der Waals surface area contributed by atoms with Crippen LogP contribution in [0.2, 0.25) is 0 Å². The Morgan fingerprint density at radius 2 is 0.917 bits per heavy atom. The Kier molecular flexibility index (Phi) is 29.2. The summed E-state index contributed by atoms with van der Waals surface area (Å²) in [5, 5.41) is 0. The van der Waals surface area contributed by atoms with Crippen molar-refractivity contribution in [3.05, 3.63) is 24.8 Å². The van der Waals surface area contributed by atoms with Crippen LogP contribution in [-0.4, -0.2) is 25.8 Å². The second kappa shape index (κ2) is 30.1. The van der Waals surface area contributed by atoms with Crippen molar-refractivity contribution in [1.82, 2.24) is 0 Å². The molecule has 0 spiro atoms. The highest BCUT2D eigenvalue weighted by molar-refractivity contribution is 5.87. The van der Waals surface area contributed by atoms with Crippen LogP contribution in [0.25, 0.3) is 0 Å². The predicted octanol–water partition coefficient (Wildman–Crippen LogP) is 10.7. The first-order chi connectivity index (χ1) is 17.7. The summed E-state index contributed by atoms with van der Waals surface area (Å²) in [5.74, 6) is -0.340. The van der Waals surface area contributed by atoms with E-state index in [1.165, 1.54) is 141 Å². The lowest BCUT2D eigenvalue weighted by Crippen LogP contribution is -2.12. The van der Waals surface area contributed by atoms with Gasteiger partial charge in [-0.1, -0.05) is 167 Å². The first-order valence-electron chi connectivity index (χ1n) is 15.8. The number of hydrogen-bond donors (Lipinski definition) is 0. The fourth-order valence-electron chi connectivity index (χ4n) is 4.66. The molecule has 0 radical (unpaired) electrons. The number of ether oxygens (including phenoxy) is 2. The molecule has 0 aliphatic rings. The summed E-state index contributed by atoms with van der Waals surface area (Å²) in [6.07, 6.45) is 34.9. The minimum absolute atomic E-state index is 0.213. The molecule has 0 rings (SSSR count). The van der Waals surface area contributed by atoms with E-state index in [0.29, 0.717) is 18.8 Å². The van der Waals surface area contributed by atoms with Gasteiger partial charge in [-0.25, -0.2) is 4.79 Å². The molecular formula is C33H62O3. The smallest absolute Gasteiger partial charge is 0.335 e. The summed E-state index contributed by atoms with van der Waals surface area (Å²) in [5.41, 5.74) is 0.376. The van der Waals surface area contributed by atoms with Gasteiger partial charge in [-0.2, -0.15) is 0 Å². The van der Waals surface area contributed by atoms with E-state index >= 15 is 0 Å². The third kappa shape index (κ3) is 27.5. The van der Waals surface area contributed by atoms with Crippen molar-refractivity contribution in [2.24, 2.45) is 0 Å². The Hall–Kier alpha value is -1.09. The van der Waals surface area contributed by atoms with E-state index in [1.807, 2.05) is 0 Å². The number of unbranched alkanes of at least 4 members (excludes halogenated alkanes) is 23. The lowest BCUT2D eigenvalue weighted by Gasteiger charge is -2.07. The maximum absolute atomic E-state index is 11.7. The Labute approximate surface area is 225 Å². The van der Waals surface area contributed by atoms with E-state index in [0.717, 1.165) is 12.8 Å². The van der Waals surface area contributed by atoms with Gasteiger partial charge in [-0.3, -0.25) is 0 Å². The molecule has 0 aromatic carbocycles. The van der Waals surface area contributed by atoms with Crippen LogP contribution in [0.1, 0.15) is 161 Å². The standard InChI is InChI=1S/C33H62O3/c1-4-6-7-8-9-10-11-12-13-14-15-16-17-18-19-20-21-22-23-24-25-26-27-28-30-36-33(34)32(3)31-35-29-5-2/h5H,2-4,6-31H2,1H3. The third-order valence-electron chi connectivity index (χ3n) is 7.03. The van der Waals surface area contributed by atoms with Gasteiger partial charge in [-0.15, -0.1) is 6.58 Å². The lowest BCUT2D eigenvalue weighted by atomic mass is 10.0. The molecular weight excluding hydrogens is 444 g/mol. The quantitative estimate of drug-likeness (QED) is 0.0420. The summed E-state index contributed by atoms with van der Waals surface area (Å²) < 4.78 is 10.4. The molecule has 0 saturated heterocycles. The molecule has 0 aliphatic heterocycles. The van der Waals surface area contributed by atoms with E-state index in [9.17, 15) is 4.79 Å². The van der Waals surface area contributed by atoms with Crippen molar-refractivity contribution in [3.8, 4) is 0 Å². The molecule has 0 saturated carbocycles. The van der Waals surface area contributed by atoms with Crippen LogP contribution >= 0.6 is 0 Å². The molecule has 3 heteroatoms. The number of rotatable bonds is 30. The average molecular weight is 507 g/mol. The van der Waals surface area contributed by atoms with Crippen molar-refractivity contribution in [2.75, 3.05) is 19.8 Å². The van der Waals surface area contributed by atoms with Crippen LogP contribution in [0.4, 0.5) is 0 Å². The zero-order valence-electron chi connectivity index (χ0n) is 24.3. The monoisotopic (exact) mass is 506 g/mol. The normalized spacial score (nSPS) is 11.0. The van der Waals surface area contributed by atoms with E-state index in [1.54, 1.807) is 6.08 Å². The van der Waals surface area contributed by atoms with E-state index in [4.69, 9.17) is 9.47 Å². The zero-order valence-corrected chi connectivity index (χ0v) is 24.3. The lowest BCUT2D eigenvalue weighted by molar-refractivity contribution is -0.139. The molecule has 0 bridgehead atoms. The van der Waals surface area contributed by atoms with E-state index in [2.05, 4.69) is 20.1 Å². The minimum Gasteiger partial charge on any atom is -0.462 e. The SMILES string of the molecule is C=CCOCC(=C)C(=O)OCCCCCCCCCCCCCCCCCCCCCCCCCC. The zero-order chi connectivity index (χ0) is 26.4. The average Bonchev–Trinajstić information content (AvgIpc) is 2.88. The Balaban J connectivity index is 3.15. The van der Waals surface area contributed by atoms with Gasteiger partial charge < -0.3 is 9.47 Å². The summed E-state index contributed by atoms with van der Waals surface area (Å²) in [6.45, 7) is 10.7. The Morgan fingerprint density at radius 3 is 1.25 bits per heavy atom. The molecule has 0 amide bonds. The van der Waals surface area contributed by atoms with Crippen molar-refractivity contribution in [2.45, 2.75) is 161 Å². The second-order valence-corrected chi connectivity index (χ2v) is 10.7. The van der Waals surface area contributed by atoms with Gasteiger partial charge in [0.15, 0.2) is 0 Å². The van der Waals surface area contributed by atoms with E-state index < -0.39 is 0 Å². The molecule has 3 nitrogen and oxygen atoms in total. The molecule has 36 heavy (non-hydrogen) atoms. The van der Waals surface area contributed by atoms with Crippen LogP contribution in [0.5, 0.6) is 0 Å². The largest absolute Gasteiger partial charge is 0.462 e. The number of carbonyl (C=O) groups excluding carboxylic acids is 1. The van der Waals surface area contributed by atoms with Gasteiger partial charge in [0.1, 0.15) is 0 Å². The third-order valence-corrected chi connectivity index (χ3v) is 7.03. The highest BCUT2D eigenvalue weighted by atomic mass is 16.5. The fourth-order valence-corrected chi connectivity index (χ4v) is 4.66. The molecule has 0 aliphatic carbocycles. The number of hydrogen-bond acceptors (Lipinski definition) is 3. The van der Waals surface area contributed by atoms with Gasteiger partial charge in [0.2, 0.25) is 0 Å². The van der Waals surface area contributed by atoms with Crippen molar-refractivity contribution >= 4 is 5.97 Å². The molecule has 0 atom stereocenters. The molecule has 0 aromatic heterocycles. The first kappa shape index (κ1) is 34.9. The summed E-state index contributed by atoms with van der Waals surface area (Å²) in [7, 11) is 0. The molecule has 0 heterocycles. The predicted molar refractivity (Wildman–Crippen MR) is 158 cm³/mol. The molecule has 0 unspecified atom stereocenters. The van der Waals surface area contributed by atoms with Gasteiger partial charge in [0.05, 0.1) is 25.4 Å². The maximum atomic E-state index is 11.7. The molecule has 212 valence electrons. The van der Waals surface area contributed by atoms with E-state index in [-0.39, 0.29) is 12.6 Å². The summed E-state index contributed by atoms with van der Waals surface area (Å²) >= 11 is 0. The van der Waals surface area contributed by atoms with Gasteiger partial charge >= 0.3 is 5.97 Å². The summed E-state index contributed by atoms with van der Waals surface area (Å²) in [6, 6.07) is 0. The Bertz CT molecular complexity index is 485. The highest BCUT2D eigenvalue weighted by Gasteiger charge is 2.07. The topological polar surface area (TPSA) is 35.5 Å². The van der Waals surface area contributed by atoms with Crippen molar-refractivity contribution < 1.29 is 14.3 Å². The summed E-state index contributed by atoms with van der Waals surface area (Å²) in [4.78, 5) is 11.7. The maximum Gasteiger partial charge on any atom is 0.335 e. The van der Waals surface area contributed by atoms with Crippen LogP contribution in [0.15, 0.2) is 24.8 Å². The number of esters is 1. The van der Waals surface area contributed by atoms with Crippen LogP contribution in [0, 0.1) is 0 Å². The second-order valence-electron chi connectivity index (χ2n) is 10.7.